The molecule has 0 amide bonds. The van der Waals surface area contributed by atoms with E-state index in [-0.39, 0.29) is 6.10 Å². The predicted octanol–water partition coefficient (Wildman–Crippen LogP) is 1.71. The summed E-state index contributed by atoms with van der Waals surface area (Å²) in [5.74, 6) is 2.34. The van der Waals surface area contributed by atoms with Crippen molar-refractivity contribution in [2.45, 2.75) is 13.0 Å². The molecular weight excluding hydrogens is 230 g/mol. The lowest BCUT2D eigenvalue weighted by molar-refractivity contribution is 0.0222. The van der Waals surface area contributed by atoms with E-state index in [1.807, 2.05) is 25.1 Å². The molecule has 2 aromatic rings. The van der Waals surface area contributed by atoms with Gasteiger partial charge in [-0.05, 0) is 25.1 Å². The molecule has 1 atom stereocenters. The monoisotopic (exact) mass is 245 g/mol. The van der Waals surface area contributed by atoms with Gasteiger partial charge in [-0.3, -0.25) is 0 Å². The summed E-state index contributed by atoms with van der Waals surface area (Å²) in [6, 6.07) is 5.69. The number of nitrogens with one attached hydrogen (secondary N) is 1. The van der Waals surface area contributed by atoms with Gasteiger partial charge >= 0.3 is 0 Å². The van der Waals surface area contributed by atoms with E-state index in [9.17, 15) is 0 Å². The zero-order chi connectivity index (χ0) is 12.4. The first-order valence-electron chi connectivity index (χ1n) is 6.05. The summed E-state index contributed by atoms with van der Waals surface area (Å²) in [4.78, 5) is 8.79. The van der Waals surface area contributed by atoms with Gasteiger partial charge in [-0.2, -0.15) is 0 Å². The van der Waals surface area contributed by atoms with Crippen LogP contribution in [-0.4, -0.2) is 29.7 Å². The number of hydrogen-bond acceptors (Lipinski definition) is 5. The molecule has 0 bridgehead atoms. The molecule has 0 aromatic carbocycles. The van der Waals surface area contributed by atoms with E-state index in [0.717, 1.165) is 30.3 Å². The van der Waals surface area contributed by atoms with Gasteiger partial charge in [-0.1, -0.05) is 0 Å². The van der Waals surface area contributed by atoms with Crippen LogP contribution in [0.1, 0.15) is 17.7 Å². The van der Waals surface area contributed by atoms with Gasteiger partial charge in [-0.25, -0.2) is 9.97 Å². The Hall–Kier alpha value is -1.72. The number of ether oxygens (including phenoxy) is 1. The first-order valence-corrected chi connectivity index (χ1v) is 6.05. The zero-order valence-electron chi connectivity index (χ0n) is 10.2. The van der Waals surface area contributed by atoms with E-state index in [2.05, 4.69) is 15.3 Å². The summed E-state index contributed by atoms with van der Waals surface area (Å²) < 4.78 is 11.2. The van der Waals surface area contributed by atoms with Gasteiger partial charge < -0.3 is 14.5 Å². The van der Waals surface area contributed by atoms with E-state index in [0.29, 0.717) is 12.4 Å². The first kappa shape index (κ1) is 11.4. The number of morpholine rings is 1. The van der Waals surface area contributed by atoms with Gasteiger partial charge in [0.2, 0.25) is 0 Å². The standard InChI is InChI=1S/C13H15N3O2/c1-9-2-3-11(18-9)10-4-5-15-13(16-10)12-8-14-6-7-17-12/h2-5,12,14H,6-8H2,1H3. The average molecular weight is 245 g/mol. The smallest absolute Gasteiger partial charge is 0.159 e. The molecule has 5 heteroatoms. The lowest BCUT2D eigenvalue weighted by Gasteiger charge is -2.22. The number of nitrogens with zero attached hydrogens (tertiary/aromatic N) is 2. The Morgan fingerprint density at radius 2 is 2.28 bits per heavy atom. The van der Waals surface area contributed by atoms with E-state index in [1.165, 1.54) is 0 Å². The van der Waals surface area contributed by atoms with Crippen LogP contribution in [-0.2, 0) is 4.74 Å². The van der Waals surface area contributed by atoms with Crippen LogP contribution >= 0.6 is 0 Å². The molecular formula is C13H15N3O2. The summed E-state index contributed by atoms with van der Waals surface area (Å²) in [5.41, 5.74) is 0.794. The average Bonchev–Trinajstić information content (AvgIpc) is 2.87. The summed E-state index contributed by atoms with van der Waals surface area (Å²) >= 11 is 0. The fourth-order valence-electron chi connectivity index (χ4n) is 1.97. The van der Waals surface area contributed by atoms with Crippen LogP contribution in [0, 0.1) is 6.92 Å². The second kappa shape index (κ2) is 4.88. The van der Waals surface area contributed by atoms with Crippen molar-refractivity contribution in [2.24, 2.45) is 0 Å². The Morgan fingerprint density at radius 1 is 1.33 bits per heavy atom. The minimum Gasteiger partial charge on any atom is -0.460 e. The Kier molecular flexibility index (Phi) is 3.08. The van der Waals surface area contributed by atoms with Crippen LogP contribution in [0.5, 0.6) is 0 Å². The molecule has 1 aliphatic rings. The second-order valence-electron chi connectivity index (χ2n) is 4.27. The Balaban J connectivity index is 1.88. The molecule has 1 aliphatic heterocycles. The molecule has 1 fully saturated rings. The molecule has 94 valence electrons. The van der Waals surface area contributed by atoms with Crippen LogP contribution in [0.2, 0.25) is 0 Å². The molecule has 0 saturated carbocycles. The van der Waals surface area contributed by atoms with Gasteiger partial charge in [0.05, 0.1) is 6.61 Å². The fourth-order valence-corrected chi connectivity index (χ4v) is 1.97. The third kappa shape index (κ3) is 2.27. The number of aromatic nitrogens is 2. The Labute approximate surface area is 105 Å². The normalized spacial score (nSPS) is 19.9. The zero-order valence-corrected chi connectivity index (χ0v) is 10.2. The maximum absolute atomic E-state index is 5.64. The maximum atomic E-state index is 5.64. The summed E-state index contributed by atoms with van der Waals surface area (Å²) in [7, 11) is 0. The maximum Gasteiger partial charge on any atom is 0.159 e. The van der Waals surface area contributed by atoms with Crippen molar-refractivity contribution in [3.05, 3.63) is 36.0 Å². The van der Waals surface area contributed by atoms with E-state index in [4.69, 9.17) is 9.15 Å². The number of rotatable bonds is 2. The number of aryl methyl sites for hydroxylation is 1. The Bertz CT molecular complexity index is 533. The Morgan fingerprint density at radius 3 is 3.00 bits per heavy atom. The van der Waals surface area contributed by atoms with Crippen LogP contribution in [0.4, 0.5) is 0 Å². The molecule has 0 radical (unpaired) electrons. The third-order valence-corrected chi connectivity index (χ3v) is 2.88. The SMILES string of the molecule is Cc1ccc(-c2ccnc(C3CNCCO3)n2)o1. The van der Waals surface area contributed by atoms with E-state index >= 15 is 0 Å². The number of hydrogen-bond donors (Lipinski definition) is 1. The number of furan rings is 1. The first-order chi connectivity index (χ1) is 8.83. The van der Waals surface area contributed by atoms with Crippen LogP contribution < -0.4 is 5.32 Å². The lowest BCUT2D eigenvalue weighted by Crippen LogP contribution is -2.34. The topological polar surface area (TPSA) is 60.2 Å². The molecule has 0 aliphatic carbocycles. The molecule has 3 heterocycles. The van der Waals surface area contributed by atoms with Crippen molar-refractivity contribution < 1.29 is 9.15 Å². The highest BCUT2D eigenvalue weighted by Gasteiger charge is 2.19. The van der Waals surface area contributed by atoms with Crippen molar-refractivity contribution in [3.8, 4) is 11.5 Å². The van der Waals surface area contributed by atoms with Crippen molar-refractivity contribution in [1.29, 1.82) is 0 Å². The second-order valence-corrected chi connectivity index (χ2v) is 4.27. The lowest BCUT2D eigenvalue weighted by atomic mass is 10.2. The van der Waals surface area contributed by atoms with Crippen LogP contribution in [0.3, 0.4) is 0 Å². The highest BCUT2D eigenvalue weighted by atomic mass is 16.5. The minimum absolute atomic E-state index is 0.0743. The fraction of sp³-hybridized carbons (Fsp3) is 0.385. The van der Waals surface area contributed by atoms with Crippen molar-refractivity contribution in [3.63, 3.8) is 0 Å². The van der Waals surface area contributed by atoms with Crippen molar-refractivity contribution in [2.75, 3.05) is 19.7 Å². The van der Waals surface area contributed by atoms with Crippen LogP contribution in [0.15, 0.2) is 28.8 Å². The molecule has 5 nitrogen and oxygen atoms in total. The van der Waals surface area contributed by atoms with Crippen molar-refractivity contribution >= 4 is 0 Å². The van der Waals surface area contributed by atoms with E-state index in [1.54, 1.807) is 6.20 Å². The van der Waals surface area contributed by atoms with E-state index < -0.39 is 0 Å². The molecule has 1 saturated heterocycles. The van der Waals surface area contributed by atoms with Gasteiger partial charge in [0, 0.05) is 19.3 Å². The largest absolute Gasteiger partial charge is 0.460 e. The quantitative estimate of drug-likeness (QED) is 0.872. The highest BCUT2D eigenvalue weighted by Crippen LogP contribution is 2.22. The predicted molar refractivity (Wildman–Crippen MR) is 66.0 cm³/mol. The summed E-state index contributed by atoms with van der Waals surface area (Å²) in [6.07, 6.45) is 1.67. The minimum atomic E-state index is -0.0743. The van der Waals surface area contributed by atoms with Gasteiger partial charge in [-0.15, -0.1) is 0 Å². The molecule has 0 spiro atoms. The molecule has 3 rings (SSSR count). The molecule has 1 unspecified atom stereocenters. The summed E-state index contributed by atoms with van der Waals surface area (Å²) in [6.45, 7) is 4.24. The van der Waals surface area contributed by atoms with Gasteiger partial charge in [0.15, 0.2) is 11.6 Å². The molecule has 18 heavy (non-hydrogen) atoms. The van der Waals surface area contributed by atoms with Gasteiger partial charge in [0.25, 0.3) is 0 Å². The highest BCUT2D eigenvalue weighted by molar-refractivity contribution is 5.51. The van der Waals surface area contributed by atoms with Gasteiger partial charge in [0.1, 0.15) is 17.6 Å². The van der Waals surface area contributed by atoms with Crippen LogP contribution in [0.25, 0.3) is 11.5 Å². The summed E-state index contributed by atoms with van der Waals surface area (Å²) in [5, 5.41) is 3.27. The van der Waals surface area contributed by atoms with Crippen molar-refractivity contribution in [1.82, 2.24) is 15.3 Å². The third-order valence-electron chi connectivity index (χ3n) is 2.88. The molecule has 1 N–H and O–H groups in total. The molecule has 2 aromatic heterocycles.